The van der Waals surface area contributed by atoms with Crippen LogP contribution >= 0.6 is 0 Å². The average molecular weight is 160 g/mol. The van der Waals surface area contributed by atoms with Crippen molar-refractivity contribution >= 4 is 6.29 Å². The molecule has 12 heavy (non-hydrogen) atoms. The molecule has 0 bridgehead atoms. The largest absolute Gasteiger partial charge is 0.488 e. The van der Waals surface area contributed by atoms with E-state index in [0.717, 1.165) is 11.9 Å². The van der Waals surface area contributed by atoms with E-state index < -0.39 is 0 Å². The quantitative estimate of drug-likeness (QED) is 0.543. The fourth-order valence-corrected chi connectivity index (χ4v) is 1.28. The zero-order chi connectivity index (χ0) is 8.39. The molecule has 2 aliphatic rings. The molecule has 1 atom stereocenters. The fourth-order valence-electron chi connectivity index (χ4n) is 1.28. The van der Waals surface area contributed by atoms with E-state index in [9.17, 15) is 4.79 Å². The summed E-state index contributed by atoms with van der Waals surface area (Å²) < 4.78 is 5.25. The van der Waals surface area contributed by atoms with Crippen molar-refractivity contribution in [2.75, 3.05) is 0 Å². The molecule has 0 saturated heterocycles. The molecule has 1 aliphatic heterocycles. The maximum atomic E-state index is 10.5. The van der Waals surface area contributed by atoms with Crippen molar-refractivity contribution in [2.24, 2.45) is 0 Å². The van der Waals surface area contributed by atoms with Crippen molar-refractivity contribution in [3.05, 3.63) is 47.8 Å². The van der Waals surface area contributed by atoms with E-state index in [-0.39, 0.29) is 6.10 Å². The highest BCUT2D eigenvalue weighted by molar-refractivity contribution is 5.82. The Morgan fingerprint density at radius 3 is 3.08 bits per heavy atom. The van der Waals surface area contributed by atoms with E-state index in [1.54, 1.807) is 0 Å². The predicted octanol–water partition coefficient (Wildman–Crippen LogP) is 1.52. The summed E-state index contributed by atoms with van der Waals surface area (Å²) >= 11 is 0. The zero-order valence-corrected chi connectivity index (χ0v) is 6.44. The molecular weight excluding hydrogens is 152 g/mol. The lowest BCUT2D eigenvalue weighted by Gasteiger charge is -2.05. The average Bonchev–Trinajstić information content (AvgIpc) is 2.33. The molecule has 1 unspecified atom stereocenters. The van der Waals surface area contributed by atoms with E-state index in [2.05, 4.69) is 0 Å². The van der Waals surface area contributed by atoms with Gasteiger partial charge in [0, 0.05) is 5.57 Å². The molecule has 2 nitrogen and oxygen atoms in total. The van der Waals surface area contributed by atoms with Gasteiger partial charge in [0.1, 0.15) is 6.10 Å². The first-order valence-electron chi connectivity index (χ1n) is 3.78. The standard InChI is InChI=1S/C10H8O2/c11-6-8-7-12-10-5-3-1-2-4-9(8)10/h1-7,10H. The maximum absolute atomic E-state index is 10.5. The molecule has 2 rings (SSSR count). The predicted molar refractivity (Wildman–Crippen MR) is 45.4 cm³/mol. The normalized spacial score (nSPS) is 25.2. The van der Waals surface area contributed by atoms with E-state index >= 15 is 0 Å². The first kappa shape index (κ1) is 7.10. The van der Waals surface area contributed by atoms with Crippen molar-refractivity contribution in [3.8, 4) is 0 Å². The van der Waals surface area contributed by atoms with E-state index in [1.165, 1.54) is 6.26 Å². The first-order chi connectivity index (χ1) is 5.92. The maximum Gasteiger partial charge on any atom is 0.153 e. The van der Waals surface area contributed by atoms with Crippen LogP contribution in [0.15, 0.2) is 47.8 Å². The van der Waals surface area contributed by atoms with Crippen LogP contribution in [0.25, 0.3) is 0 Å². The molecule has 0 aromatic heterocycles. The van der Waals surface area contributed by atoms with Crippen LogP contribution < -0.4 is 0 Å². The zero-order valence-electron chi connectivity index (χ0n) is 6.44. The second kappa shape index (κ2) is 2.81. The van der Waals surface area contributed by atoms with E-state index in [1.807, 2.05) is 30.4 Å². The molecule has 1 aliphatic carbocycles. The number of carbonyl (C=O) groups is 1. The van der Waals surface area contributed by atoms with Gasteiger partial charge in [-0.3, -0.25) is 4.79 Å². The molecule has 0 radical (unpaired) electrons. The Labute approximate surface area is 70.5 Å². The smallest absolute Gasteiger partial charge is 0.153 e. The molecule has 0 saturated carbocycles. The van der Waals surface area contributed by atoms with Gasteiger partial charge in [-0.25, -0.2) is 0 Å². The Bertz CT molecular complexity index is 319. The Kier molecular flexibility index (Phi) is 1.67. The minimum absolute atomic E-state index is 0.0693. The van der Waals surface area contributed by atoms with Crippen molar-refractivity contribution < 1.29 is 9.53 Å². The van der Waals surface area contributed by atoms with Crippen LogP contribution in [-0.4, -0.2) is 12.4 Å². The molecule has 1 heterocycles. The van der Waals surface area contributed by atoms with Gasteiger partial charge in [0.2, 0.25) is 0 Å². The number of fused-ring (bicyclic) bond motifs is 1. The molecule has 0 fully saturated rings. The lowest BCUT2D eigenvalue weighted by Crippen LogP contribution is -2.04. The Balaban J connectivity index is 2.38. The minimum Gasteiger partial charge on any atom is -0.488 e. The van der Waals surface area contributed by atoms with Crippen LogP contribution in [0.4, 0.5) is 0 Å². The minimum atomic E-state index is -0.0693. The monoisotopic (exact) mass is 160 g/mol. The highest BCUT2D eigenvalue weighted by Crippen LogP contribution is 2.25. The van der Waals surface area contributed by atoms with E-state index in [0.29, 0.717) is 5.57 Å². The number of allylic oxidation sites excluding steroid dienone is 4. The molecule has 0 aromatic carbocycles. The number of aldehydes is 1. The van der Waals surface area contributed by atoms with Crippen molar-refractivity contribution in [2.45, 2.75) is 6.10 Å². The van der Waals surface area contributed by atoms with Gasteiger partial charge in [-0.2, -0.15) is 0 Å². The Morgan fingerprint density at radius 1 is 1.33 bits per heavy atom. The Hall–Kier alpha value is -1.57. The summed E-state index contributed by atoms with van der Waals surface area (Å²) in [7, 11) is 0. The van der Waals surface area contributed by atoms with Gasteiger partial charge < -0.3 is 4.74 Å². The van der Waals surface area contributed by atoms with Gasteiger partial charge in [0.15, 0.2) is 6.29 Å². The van der Waals surface area contributed by atoms with Crippen LogP contribution in [0.5, 0.6) is 0 Å². The van der Waals surface area contributed by atoms with Crippen LogP contribution in [0.2, 0.25) is 0 Å². The SMILES string of the molecule is O=CC1=COC2C=CC=CC=C12. The van der Waals surface area contributed by atoms with Crippen LogP contribution in [0.1, 0.15) is 0 Å². The molecule has 0 aromatic rings. The number of carbonyl (C=O) groups excluding carboxylic acids is 1. The fraction of sp³-hybridized carbons (Fsp3) is 0.100. The van der Waals surface area contributed by atoms with Crippen molar-refractivity contribution in [3.63, 3.8) is 0 Å². The van der Waals surface area contributed by atoms with Gasteiger partial charge in [0.25, 0.3) is 0 Å². The summed E-state index contributed by atoms with van der Waals surface area (Å²) in [5.74, 6) is 0. The van der Waals surface area contributed by atoms with Crippen LogP contribution in [0, 0.1) is 0 Å². The van der Waals surface area contributed by atoms with Crippen molar-refractivity contribution in [1.29, 1.82) is 0 Å². The van der Waals surface area contributed by atoms with Gasteiger partial charge >= 0.3 is 0 Å². The molecule has 0 amide bonds. The van der Waals surface area contributed by atoms with Crippen LogP contribution in [0.3, 0.4) is 0 Å². The third-order valence-corrected chi connectivity index (χ3v) is 1.89. The van der Waals surface area contributed by atoms with Gasteiger partial charge in [-0.05, 0) is 6.08 Å². The van der Waals surface area contributed by atoms with Crippen molar-refractivity contribution in [1.82, 2.24) is 0 Å². The number of ether oxygens (including phenoxy) is 1. The Morgan fingerprint density at radius 2 is 2.25 bits per heavy atom. The second-order valence-corrected chi connectivity index (χ2v) is 2.64. The summed E-state index contributed by atoms with van der Waals surface area (Å²) in [5.41, 5.74) is 1.58. The lowest BCUT2D eigenvalue weighted by atomic mass is 10.1. The molecular formula is C10H8O2. The summed E-state index contributed by atoms with van der Waals surface area (Å²) in [6, 6.07) is 0. The number of hydrogen-bond donors (Lipinski definition) is 0. The highest BCUT2D eigenvalue weighted by atomic mass is 16.5. The van der Waals surface area contributed by atoms with Gasteiger partial charge in [-0.1, -0.05) is 24.3 Å². The lowest BCUT2D eigenvalue weighted by molar-refractivity contribution is -0.104. The molecule has 0 spiro atoms. The third-order valence-electron chi connectivity index (χ3n) is 1.89. The first-order valence-corrected chi connectivity index (χ1v) is 3.78. The summed E-state index contributed by atoms with van der Waals surface area (Å²) in [6.07, 6.45) is 11.8. The second-order valence-electron chi connectivity index (χ2n) is 2.64. The van der Waals surface area contributed by atoms with E-state index in [4.69, 9.17) is 4.74 Å². The number of rotatable bonds is 1. The van der Waals surface area contributed by atoms with Crippen LogP contribution in [-0.2, 0) is 9.53 Å². The number of hydrogen-bond acceptors (Lipinski definition) is 2. The molecule has 2 heteroatoms. The highest BCUT2D eigenvalue weighted by Gasteiger charge is 2.21. The third kappa shape index (κ3) is 1.01. The molecule has 60 valence electrons. The van der Waals surface area contributed by atoms with Gasteiger partial charge in [0.05, 0.1) is 11.8 Å². The van der Waals surface area contributed by atoms with Gasteiger partial charge in [-0.15, -0.1) is 0 Å². The summed E-state index contributed by atoms with van der Waals surface area (Å²) in [6.45, 7) is 0. The molecule has 0 N–H and O–H groups in total. The summed E-state index contributed by atoms with van der Waals surface area (Å²) in [5, 5.41) is 0. The topological polar surface area (TPSA) is 26.3 Å². The summed E-state index contributed by atoms with van der Waals surface area (Å²) in [4.78, 5) is 10.5.